The Morgan fingerprint density at radius 2 is 2.10 bits per heavy atom. The van der Waals surface area contributed by atoms with Gasteiger partial charge in [-0.05, 0) is 24.3 Å². The molecule has 0 aromatic heterocycles. The van der Waals surface area contributed by atoms with Crippen LogP contribution in [0.4, 0.5) is 0 Å². The molecule has 1 saturated carbocycles. The van der Waals surface area contributed by atoms with Crippen LogP contribution in [0, 0.1) is 11.8 Å². The van der Waals surface area contributed by atoms with Crippen LogP contribution >= 0.6 is 0 Å². The predicted molar refractivity (Wildman–Crippen MR) is 82.2 cm³/mol. The first-order chi connectivity index (χ1) is 9.72. The molecule has 108 valence electrons. The van der Waals surface area contributed by atoms with Crippen molar-refractivity contribution in [1.29, 1.82) is 0 Å². The van der Waals surface area contributed by atoms with E-state index in [0.717, 1.165) is 31.2 Å². The molecule has 0 bridgehead atoms. The van der Waals surface area contributed by atoms with Crippen molar-refractivity contribution in [3.05, 3.63) is 42.0 Å². The van der Waals surface area contributed by atoms with Crippen LogP contribution in [0.15, 0.2) is 36.4 Å². The maximum absolute atomic E-state index is 12.0. The van der Waals surface area contributed by atoms with Crippen LogP contribution in [0.3, 0.4) is 0 Å². The Labute approximate surface area is 121 Å². The third-order valence-corrected chi connectivity index (χ3v) is 4.22. The van der Waals surface area contributed by atoms with Crippen LogP contribution in [-0.4, -0.2) is 17.0 Å². The van der Waals surface area contributed by atoms with Gasteiger partial charge in [-0.15, -0.1) is 0 Å². The Hall–Kier alpha value is -1.41. The lowest BCUT2D eigenvalue weighted by Crippen LogP contribution is -2.27. The molecule has 1 fully saturated rings. The van der Waals surface area contributed by atoms with E-state index in [-0.39, 0.29) is 11.7 Å². The van der Waals surface area contributed by atoms with Crippen molar-refractivity contribution in [2.45, 2.75) is 45.1 Å². The number of Topliss-reactive ketones (excluding diaryl/α,β-unsaturated/α-hetero) is 1. The van der Waals surface area contributed by atoms with E-state index in [4.69, 9.17) is 0 Å². The van der Waals surface area contributed by atoms with Gasteiger partial charge in [0.1, 0.15) is 5.78 Å². The molecule has 2 heteroatoms. The molecule has 0 amide bonds. The average molecular weight is 272 g/mol. The fourth-order valence-corrected chi connectivity index (χ4v) is 3.09. The summed E-state index contributed by atoms with van der Waals surface area (Å²) in [4.78, 5) is 12.0. The summed E-state index contributed by atoms with van der Waals surface area (Å²) in [5.74, 6) is 0.399. The average Bonchev–Trinajstić information content (AvgIpc) is 2.84. The molecule has 0 saturated heterocycles. The van der Waals surface area contributed by atoms with Gasteiger partial charge < -0.3 is 5.11 Å². The first-order valence-electron chi connectivity index (χ1n) is 7.66. The molecule has 3 atom stereocenters. The van der Waals surface area contributed by atoms with E-state index in [1.807, 2.05) is 36.4 Å². The summed E-state index contributed by atoms with van der Waals surface area (Å²) in [6.45, 7) is 2.16. The van der Waals surface area contributed by atoms with Crippen molar-refractivity contribution in [1.82, 2.24) is 0 Å². The second-order valence-electron chi connectivity index (χ2n) is 5.69. The summed E-state index contributed by atoms with van der Waals surface area (Å²) >= 11 is 0. The lowest BCUT2D eigenvalue weighted by atomic mass is 9.86. The van der Waals surface area contributed by atoms with E-state index in [1.165, 1.54) is 0 Å². The van der Waals surface area contributed by atoms with Gasteiger partial charge in [-0.1, -0.05) is 62.2 Å². The maximum Gasteiger partial charge on any atom is 0.139 e. The molecular formula is C18H24O2. The number of ketones is 1. The molecule has 0 heterocycles. The Kier molecular flexibility index (Phi) is 5.54. The summed E-state index contributed by atoms with van der Waals surface area (Å²) in [7, 11) is 0. The van der Waals surface area contributed by atoms with Gasteiger partial charge in [0, 0.05) is 6.42 Å². The summed E-state index contributed by atoms with van der Waals surface area (Å²) in [6, 6.07) is 9.89. The third-order valence-electron chi connectivity index (χ3n) is 4.22. The second kappa shape index (κ2) is 7.39. The van der Waals surface area contributed by atoms with E-state index in [0.29, 0.717) is 12.3 Å². The highest BCUT2D eigenvalue weighted by Crippen LogP contribution is 2.35. The van der Waals surface area contributed by atoms with Crippen LogP contribution in [-0.2, 0) is 4.79 Å². The van der Waals surface area contributed by atoms with E-state index < -0.39 is 6.10 Å². The van der Waals surface area contributed by atoms with Gasteiger partial charge in [0.15, 0.2) is 0 Å². The second-order valence-corrected chi connectivity index (χ2v) is 5.69. The zero-order valence-electron chi connectivity index (χ0n) is 12.2. The van der Waals surface area contributed by atoms with Crippen molar-refractivity contribution < 1.29 is 9.90 Å². The molecule has 0 radical (unpaired) electrons. The van der Waals surface area contributed by atoms with Crippen LogP contribution in [0.1, 0.15) is 44.6 Å². The molecule has 20 heavy (non-hydrogen) atoms. The largest absolute Gasteiger partial charge is 0.388 e. The fraction of sp³-hybridized carbons (Fsp3) is 0.500. The SMILES string of the molecule is CCCCC1CCC(=O)C1C(O)C=Cc1ccccc1. The number of carbonyl (C=O) groups is 1. The van der Waals surface area contributed by atoms with Gasteiger partial charge in [-0.3, -0.25) is 4.79 Å². The standard InChI is InChI=1S/C18H24O2/c1-2-3-9-15-11-13-17(20)18(15)16(19)12-10-14-7-5-4-6-8-14/h4-8,10,12,15-16,18-19H,2-3,9,11,13H2,1H3. The third kappa shape index (κ3) is 3.80. The number of hydrogen-bond donors (Lipinski definition) is 1. The number of aliphatic hydroxyl groups is 1. The van der Waals surface area contributed by atoms with E-state index in [1.54, 1.807) is 6.08 Å². The van der Waals surface area contributed by atoms with Gasteiger partial charge in [-0.2, -0.15) is 0 Å². The number of hydrogen-bond acceptors (Lipinski definition) is 2. The first-order valence-corrected chi connectivity index (χ1v) is 7.66. The van der Waals surface area contributed by atoms with Crippen molar-refractivity contribution in [2.75, 3.05) is 0 Å². The highest BCUT2D eigenvalue weighted by Gasteiger charge is 2.37. The predicted octanol–water partition coefficient (Wildman–Crippen LogP) is 3.85. The lowest BCUT2D eigenvalue weighted by molar-refractivity contribution is -0.123. The Morgan fingerprint density at radius 3 is 2.80 bits per heavy atom. The smallest absolute Gasteiger partial charge is 0.139 e. The van der Waals surface area contributed by atoms with Crippen LogP contribution < -0.4 is 0 Å². The molecule has 3 unspecified atom stereocenters. The van der Waals surface area contributed by atoms with Crippen molar-refractivity contribution >= 4 is 11.9 Å². The summed E-state index contributed by atoms with van der Waals surface area (Å²) in [5.41, 5.74) is 1.06. The monoisotopic (exact) mass is 272 g/mol. The van der Waals surface area contributed by atoms with Gasteiger partial charge >= 0.3 is 0 Å². The van der Waals surface area contributed by atoms with Gasteiger partial charge in [0.05, 0.1) is 12.0 Å². The number of benzene rings is 1. The Balaban J connectivity index is 2.00. The van der Waals surface area contributed by atoms with E-state index in [9.17, 15) is 9.90 Å². The molecule has 1 aromatic rings. The van der Waals surface area contributed by atoms with E-state index in [2.05, 4.69) is 6.92 Å². The highest BCUT2D eigenvalue weighted by molar-refractivity contribution is 5.84. The summed E-state index contributed by atoms with van der Waals surface area (Å²) in [5, 5.41) is 10.3. The molecule has 1 aliphatic rings. The topological polar surface area (TPSA) is 37.3 Å². The fourth-order valence-electron chi connectivity index (χ4n) is 3.09. The minimum absolute atomic E-state index is 0.193. The number of carbonyl (C=O) groups excluding carboxylic acids is 1. The molecular weight excluding hydrogens is 248 g/mol. The number of unbranched alkanes of at least 4 members (excludes halogenated alkanes) is 1. The number of aliphatic hydroxyl groups excluding tert-OH is 1. The molecule has 1 aliphatic carbocycles. The number of rotatable bonds is 6. The van der Waals surface area contributed by atoms with Crippen LogP contribution in [0.25, 0.3) is 6.08 Å². The van der Waals surface area contributed by atoms with Crippen molar-refractivity contribution in [3.63, 3.8) is 0 Å². The minimum atomic E-state index is -0.646. The van der Waals surface area contributed by atoms with Crippen molar-refractivity contribution in [3.8, 4) is 0 Å². The normalized spacial score (nSPS) is 24.4. The first kappa shape index (κ1) is 15.0. The van der Waals surface area contributed by atoms with Crippen LogP contribution in [0.2, 0.25) is 0 Å². The Morgan fingerprint density at radius 1 is 1.35 bits per heavy atom. The zero-order chi connectivity index (χ0) is 14.4. The maximum atomic E-state index is 12.0. The van der Waals surface area contributed by atoms with Crippen LogP contribution in [0.5, 0.6) is 0 Å². The molecule has 2 nitrogen and oxygen atoms in total. The summed E-state index contributed by atoms with van der Waals surface area (Å²) in [6.07, 6.45) is 7.97. The molecule has 2 rings (SSSR count). The lowest BCUT2D eigenvalue weighted by Gasteiger charge is -2.21. The van der Waals surface area contributed by atoms with Crippen molar-refractivity contribution in [2.24, 2.45) is 11.8 Å². The van der Waals surface area contributed by atoms with Gasteiger partial charge in [-0.25, -0.2) is 0 Å². The molecule has 0 aliphatic heterocycles. The molecule has 1 aromatic carbocycles. The quantitative estimate of drug-likeness (QED) is 0.854. The zero-order valence-corrected chi connectivity index (χ0v) is 12.2. The molecule has 0 spiro atoms. The van der Waals surface area contributed by atoms with Gasteiger partial charge in [0.25, 0.3) is 0 Å². The van der Waals surface area contributed by atoms with Gasteiger partial charge in [0.2, 0.25) is 0 Å². The highest BCUT2D eigenvalue weighted by atomic mass is 16.3. The van der Waals surface area contributed by atoms with E-state index >= 15 is 0 Å². The Bertz CT molecular complexity index is 450. The summed E-state index contributed by atoms with van der Waals surface area (Å²) < 4.78 is 0. The molecule has 1 N–H and O–H groups in total. The minimum Gasteiger partial charge on any atom is -0.388 e.